The highest BCUT2D eigenvalue weighted by molar-refractivity contribution is 7.55. The smallest absolute Gasteiger partial charge is 0.414 e. The first-order valence-corrected chi connectivity index (χ1v) is 12.3. The largest absolute Gasteiger partial charge is 0.457 e. The SMILES string of the molecule is O=P(Oc1ccccc1)(Oc1ccccc1)C(Nc1ccccc1)c1ccc(Cl)cc1Cl. The molecule has 0 heterocycles. The second kappa shape index (κ2) is 10.1. The quantitative estimate of drug-likeness (QED) is 0.255. The van der Waals surface area contributed by atoms with Gasteiger partial charge in [0.25, 0.3) is 0 Å². The van der Waals surface area contributed by atoms with Gasteiger partial charge < -0.3 is 14.4 Å². The van der Waals surface area contributed by atoms with Gasteiger partial charge in [0.05, 0.1) is 0 Å². The first kappa shape index (κ1) is 22.3. The fraction of sp³-hybridized carbons (Fsp3) is 0.0400. The average molecular weight is 484 g/mol. The maximum atomic E-state index is 14.5. The molecule has 1 N–H and O–H groups in total. The Bertz CT molecular complexity index is 1160. The Kier molecular flexibility index (Phi) is 7.06. The van der Waals surface area contributed by atoms with Crippen LogP contribution in [0.5, 0.6) is 11.5 Å². The van der Waals surface area contributed by atoms with E-state index in [9.17, 15) is 4.57 Å². The van der Waals surface area contributed by atoms with Crippen LogP contribution in [0.1, 0.15) is 11.3 Å². The molecule has 0 aliphatic heterocycles. The van der Waals surface area contributed by atoms with Crippen molar-refractivity contribution >= 4 is 36.5 Å². The van der Waals surface area contributed by atoms with Gasteiger partial charge >= 0.3 is 7.60 Å². The Morgan fingerprint density at radius 2 is 1.19 bits per heavy atom. The second-order valence-corrected chi connectivity index (χ2v) is 9.73. The van der Waals surface area contributed by atoms with Gasteiger partial charge in [0, 0.05) is 21.3 Å². The van der Waals surface area contributed by atoms with Crippen LogP contribution in [0, 0.1) is 0 Å². The molecule has 1 unspecified atom stereocenters. The minimum absolute atomic E-state index is 0.347. The Labute approximate surface area is 197 Å². The Balaban J connectivity index is 1.83. The van der Waals surface area contributed by atoms with Crippen molar-refractivity contribution in [2.24, 2.45) is 0 Å². The number of anilines is 1. The van der Waals surface area contributed by atoms with Crippen molar-refractivity contribution in [2.45, 2.75) is 5.78 Å². The molecule has 4 aromatic rings. The van der Waals surface area contributed by atoms with Crippen molar-refractivity contribution < 1.29 is 13.6 Å². The number of hydrogen-bond donors (Lipinski definition) is 1. The first-order chi connectivity index (χ1) is 15.5. The monoisotopic (exact) mass is 483 g/mol. The van der Waals surface area contributed by atoms with Gasteiger partial charge in [-0.3, -0.25) is 0 Å². The molecule has 0 saturated heterocycles. The standard InChI is InChI=1S/C25H20Cl2NO3P/c26-19-16-17-23(24(27)18-19)25(28-20-10-4-1-5-11-20)32(29,30-21-12-6-2-7-13-21)31-22-14-8-3-9-15-22/h1-18,25,28H. The molecular formula is C25H20Cl2NO3P. The third-order valence-electron chi connectivity index (χ3n) is 4.60. The molecule has 4 nitrogen and oxygen atoms in total. The van der Waals surface area contributed by atoms with Gasteiger partial charge in [0.2, 0.25) is 0 Å². The lowest BCUT2D eigenvalue weighted by Gasteiger charge is -2.29. The molecule has 7 heteroatoms. The molecular weight excluding hydrogens is 464 g/mol. The van der Waals surface area contributed by atoms with Crippen LogP contribution in [-0.4, -0.2) is 0 Å². The molecule has 0 spiro atoms. The molecule has 162 valence electrons. The summed E-state index contributed by atoms with van der Waals surface area (Å²) in [5, 5.41) is 4.12. The highest BCUT2D eigenvalue weighted by Crippen LogP contribution is 2.61. The summed E-state index contributed by atoms with van der Waals surface area (Å²) in [5.41, 5.74) is 1.27. The van der Waals surface area contributed by atoms with Crippen molar-refractivity contribution in [1.29, 1.82) is 0 Å². The van der Waals surface area contributed by atoms with Crippen molar-refractivity contribution in [1.82, 2.24) is 0 Å². The van der Waals surface area contributed by atoms with Crippen LogP contribution in [-0.2, 0) is 4.57 Å². The van der Waals surface area contributed by atoms with Gasteiger partial charge in [-0.15, -0.1) is 0 Å². The van der Waals surface area contributed by atoms with Crippen LogP contribution >= 0.6 is 30.8 Å². The minimum Gasteiger partial charge on any atom is -0.414 e. The lowest BCUT2D eigenvalue weighted by molar-refractivity contribution is 0.376. The van der Waals surface area contributed by atoms with Crippen molar-refractivity contribution in [3.05, 3.63) is 125 Å². The average Bonchev–Trinajstić information content (AvgIpc) is 2.80. The summed E-state index contributed by atoms with van der Waals surface area (Å²) in [5.74, 6) is -0.0940. The van der Waals surface area contributed by atoms with Crippen LogP contribution in [0.4, 0.5) is 5.69 Å². The zero-order valence-electron chi connectivity index (χ0n) is 16.9. The number of para-hydroxylation sites is 3. The number of rotatable bonds is 8. The van der Waals surface area contributed by atoms with Gasteiger partial charge in [-0.05, 0) is 48.5 Å². The molecule has 4 aromatic carbocycles. The fourth-order valence-electron chi connectivity index (χ4n) is 3.12. The lowest BCUT2D eigenvalue weighted by atomic mass is 10.2. The van der Waals surface area contributed by atoms with E-state index in [2.05, 4.69) is 5.32 Å². The Hall–Kier alpha value is -2.91. The summed E-state index contributed by atoms with van der Waals surface area (Å²) < 4.78 is 26.6. The number of hydrogen-bond acceptors (Lipinski definition) is 4. The van der Waals surface area contributed by atoms with Crippen LogP contribution < -0.4 is 14.4 Å². The van der Waals surface area contributed by atoms with Crippen LogP contribution in [0.3, 0.4) is 0 Å². The summed E-state index contributed by atoms with van der Waals surface area (Å²) in [6.45, 7) is 0. The van der Waals surface area contributed by atoms with Gasteiger partial charge in [-0.2, -0.15) is 0 Å². The second-order valence-electron chi connectivity index (χ2n) is 6.93. The summed E-state index contributed by atoms with van der Waals surface area (Å²) in [7, 11) is -3.94. The van der Waals surface area contributed by atoms with E-state index >= 15 is 0 Å². The summed E-state index contributed by atoms with van der Waals surface area (Å²) in [6.07, 6.45) is 0. The molecule has 1 atom stereocenters. The summed E-state index contributed by atoms with van der Waals surface area (Å²) in [4.78, 5) is 0. The van der Waals surface area contributed by atoms with E-state index in [-0.39, 0.29) is 0 Å². The predicted molar refractivity (Wildman–Crippen MR) is 131 cm³/mol. The molecule has 4 rings (SSSR count). The van der Waals surface area contributed by atoms with E-state index < -0.39 is 13.4 Å². The molecule has 0 aromatic heterocycles. The molecule has 0 bridgehead atoms. The van der Waals surface area contributed by atoms with E-state index in [4.69, 9.17) is 32.2 Å². The summed E-state index contributed by atoms with van der Waals surface area (Å²) in [6, 6.07) is 32.2. The number of nitrogens with one attached hydrogen (secondary N) is 1. The highest BCUT2D eigenvalue weighted by atomic mass is 35.5. The van der Waals surface area contributed by atoms with Gasteiger partial charge in [-0.25, -0.2) is 4.57 Å². The molecule has 0 aliphatic carbocycles. The maximum absolute atomic E-state index is 14.5. The highest BCUT2D eigenvalue weighted by Gasteiger charge is 2.42. The van der Waals surface area contributed by atoms with Crippen molar-refractivity contribution in [3.8, 4) is 11.5 Å². The molecule has 0 saturated carbocycles. The van der Waals surface area contributed by atoms with E-state index in [0.717, 1.165) is 5.69 Å². The van der Waals surface area contributed by atoms with Crippen LogP contribution in [0.2, 0.25) is 10.0 Å². The van der Waals surface area contributed by atoms with Gasteiger partial charge in [0.1, 0.15) is 11.5 Å². The van der Waals surface area contributed by atoms with Gasteiger partial charge in [0.15, 0.2) is 5.78 Å². The zero-order valence-corrected chi connectivity index (χ0v) is 19.3. The Morgan fingerprint density at radius 3 is 1.69 bits per heavy atom. The van der Waals surface area contributed by atoms with E-state index in [1.54, 1.807) is 66.7 Å². The van der Waals surface area contributed by atoms with Crippen molar-refractivity contribution in [2.75, 3.05) is 5.32 Å². The normalized spacial score (nSPS) is 12.1. The number of benzene rings is 4. The molecule has 32 heavy (non-hydrogen) atoms. The third-order valence-corrected chi connectivity index (χ3v) is 7.13. The van der Waals surface area contributed by atoms with Crippen LogP contribution in [0.15, 0.2) is 109 Å². The van der Waals surface area contributed by atoms with E-state index in [0.29, 0.717) is 27.1 Å². The summed E-state index contributed by atoms with van der Waals surface area (Å²) >= 11 is 12.7. The first-order valence-electron chi connectivity index (χ1n) is 9.89. The molecule has 0 aliphatic rings. The Morgan fingerprint density at radius 1 is 0.688 bits per heavy atom. The fourth-order valence-corrected chi connectivity index (χ4v) is 5.67. The van der Waals surface area contributed by atoms with Gasteiger partial charge in [-0.1, -0.05) is 83.9 Å². The van der Waals surface area contributed by atoms with Crippen molar-refractivity contribution in [3.63, 3.8) is 0 Å². The predicted octanol–water partition coefficient (Wildman–Crippen LogP) is 8.46. The topological polar surface area (TPSA) is 47.6 Å². The van der Waals surface area contributed by atoms with Crippen LogP contribution in [0.25, 0.3) is 0 Å². The third kappa shape index (κ3) is 5.46. The van der Waals surface area contributed by atoms with E-state index in [1.165, 1.54) is 0 Å². The molecule has 0 fully saturated rings. The van der Waals surface area contributed by atoms with E-state index in [1.807, 2.05) is 42.5 Å². The lowest BCUT2D eigenvalue weighted by Crippen LogP contribution is -2.18. The zero-order chi connectivity index (χ0) is 22.4. The molecule has 0 amide bonds. The molecule has 0 radical (unpaired) electrons. The number of halogens is 2. The minimum atomic E-state index is -3.94. The maximum Gasteiger partial charge on any atom is 0.457 e.